The van der Waals surface area contributed by atoms with Crippen LogP contribution in [0.2, 0.25) is 0 Å². The zero-order valence-corrected chi connectivity index (χ0v) is 14.1. The maximum atomic E-state index is 11.9. The van der Waals surface area contributed by atoms with Gasteiger partial charge in [0.25, 0.3) is 0 Å². The first-order valence-corrected chi connectivity index (χ1v) is 7.99. The van der Waals surface area contributed by atoms with E-state index in [1.165, 1.54) is 16.7 Å². The normalized spacial score (nSPS) is 17.2. The van der Waals surface area contributed by atoms with Crippen LogP contribution >= 0.6 is 0 Å². The molecule has 0 unspecified atom stereocenters. The van der Waals surface area contributed by atoms with Crippen LogP contribution in [0.1, 0.15) is 46.5 Å². The molecule has 3 heteroatoms. The summed E-state index contributed by atoms with van der Waals surface area (Å²) in [6.45, 7) is 16.9. The Morgan fingerprint density at radius 2 is 1.62 bits per heavy atom. The Labute approximate surface area is 128 Å². The Kier molecular flexibility index (Phi) is 5.17. The smallest absolute Gasteiger partial charge is 0.160 e. The number of likely N-dealkylation sites (N-methyl/N-ethyl adjacent to an activating group) is 1. The maximum absolute atomic E-state index is 11.9. The van der Waals surface area contributed by atoms with Gasteiger partial charge in [-0.05, 0) is 56.5 Å². The average Bonchev–Trinajstić information content (AvgIpc) is 2.43. The summed E-state index contributed by atoms with van der Waals surface area (Å²) in [6, 6.07) is 2.17. The van der Waals surface area contributed by atoms with Crippen LogP contribution in [0.25, 0.3) is 0 Å². The molecule has 1 saturated heterocycles. The lowest BCUT2D eigenvalue weighted by molar-refractivity contribution is 0.101. The second-order valence-corrected chi connectivity index (χ2v) is 6.26. The number of Topliss-reactive ketones (excluding diaryl/α,β-unsaturated/α-hetero) is 1. The topological polar surface area (TPSA) is 23.6 Å². The molecule has 0 N–H and O–H groups in total. The molecule has 0 amide bonds. The van der Waals surface area contributed by atoms with Crippen LogP contribution in [0.3, 0.4) is 0 Å². The number of nitrogens with zero attached hydrogens (tertiary/aromatic N) is 2. The molecule has 2 rings (SSSR count). The summed E-state index contributed by atoms with van der Waals surface area (Å²) in [5.74, 6) is 0.182. The maximum Gasteiger partial charge on any atom is 0.160 e. The summed E-state index contributed by atoms with van der Waals surface area (Å²) >= 11 is 0. The van der Waals surface area contributed by atoms with Crippen molar-refractivity contribution < 1.29 is 4.79 Å². The highest BCUT2D eigenvalue weighted by Crippen LogP contribution is 2.24. The lowest BCUT2D eigenvalue weighted by Crippen LogP contribution is -2.45. The van der Waals surface area contributed by atoms with E-state index in [9.17, 15) is 4.79 Å². The predicted octanol–water partition coefficient (Wildman–Crippen LogP) is 2.95. The first-order valence-electron chi connectivity index (χ1n) is 7.99. The van der Waals surface area contributed by atoms with E-state index in [1.807, 2.05) is 6.92 Å². The second-order valence-electron chi connectivity index (χ2n) is 6.26. The minimum absolute atomic E-state index is 0.182. The Bertz CT molecular complexity index is 529. The molecule has 3 nitrogen and oxygen atoms in total. The number of hydrogen-bond acceptors (Lipinski definition) is 3. The third-order valence-electron chi connectivity index (χ3n) is 4.78. The van der Waals surface area contributed by atoms with E-state index in [-0.39, 0.29) is 5.78 Å². The van der Waals surface area contributed by atoms with Crippen molar-refractivity contribution in [2.24, 2.45) is 0 Å². The van der Waals surface area contributed by atoms with Crippen LogP contribution in [0, 0.1) is 20.8 Å². The molecule has 21 heavy (non-hydrogen) atoms. The summed E-state index contributed by atoms with van der Waals surface area (Å²) in [4.78, 5) is 16.9. The van der Waals surface area contributed by atoms with E-state index in [4.69, 9.17) is 0 Å². The van der Waals surface area contributed by atoms with Gasteiger partial charge in [-0.3, -0.25) is 9.69 Å². The van der Waals surface area contributed by atoms with Crippen molar-refractivity contribution in [3.05, 3.63) is 33.9 Å². The number of hydrogen-bond donors (Lipinski definition) is 0. The monoisotopic (exact) mass is 288 g/mol. The van der Waals surface area contributed by atoms with Gasteiger partial charge in [-0.15, -0.1) is 0 Å². The van der Waals surface area contributed by atoms with E-state index in [0.29, 0.717) is 0 Å². The summed E-state index contributed by atoms with van der Waals surface area (Å²) in [5, 5.41) is 0. The van der Waals surface area contributed by atoms with Gasteiger partial charge in [0.2, 0.25) is 0 Å². The number of carbonyl (C=O) groups excluding carboxylic acids is 1. The van der Waals surface area contributed by atoms with Crippen molar-refractivity contribution in [2.45, 2.75) is 41.2 Å². The molecule has 1 fully saturated rings. The van der Waals surface area contributed by atoms with Gasteiger partial charge in [0.05, 0.1) is 0 Å². The highest BCUT2D eigenvalue weighted by atomic mass is 16.1. The highest BCUT2D eigenvalue weighted by molar-refractivity contribution is 5.97. The first-order chi connectivity index (χ1) is 9.93. The van der Waals surface area contributed by atoms with E-state index >= 15 is 0 Å². The van der Waals surface area contributed by atoms with Gasteiger partial charge >= 0.3 is 0 Å². The largest absolute Gasteiger partial charge is 0.301 e. The zero-order valence-electron chi connectivity index (χ0n) is 14.1. The molecule has 0 saturated carbocycles. The van der Waals surface area contributed by atoms with Gasteiger partial charge in [-0.2, -0.15) is 0 Å². The van der Waals surface area contributed by atoms with Crippen LogP contribution < -0.4 is 0 Å². The van der Waals surface area contributed by atoms with Crippen molar-refractivity contribution in [1.82, 2.24) is 9.80 Å². The van der Waals surface area contributed by atoms with Gasteiger partial charge in [0.15, 0.2) is 5.78 Å². The van der Waals surface area contributed by atoms with Crippen LogP contribution in [0.5, 0.6) is 0 Å². The molecule has 0 aromatic heterocycles. The molecule has 1 heterocycles. The number of carbonyl (C=O) groups is 1. The zero-order chi connectivity index (χ0) is 15.6. The molecule has 0 spiro atoms. The average molecular weight is 288 g/mol. The van der Waals surface area contributed by atoms with Crippen molar-refractivity contribution in [2.75, 3.05) is 32.7 Å². The van der Waals surface area contributed by atoms with E-state index in [1.54, 1.807) is 6.92 Å². The fourth-order valence-corrected chi connectivity index (χ4v) is 3.50. The fourth-order valence-electron chi connectivity index (χ4n) is 3.50. The Morgan fingerprint density at radius 3 is 2.14 bits per heavy atom. The van der Waals surface area contributed by atoms with Gasteiger partial charge in [-0.1, -0.05) is 13.0 Å². The van der Waals surface area contributed by atoms with Crippen molar-refractivity contribution in [1.29, 1.82) is 0 Å². The SMILES string of the molecule is CCN1CCN(Cc2c(C)cc(C)c(C(C)=O)c2C)CC1. The fraction of sp³-hybridized carbons (Fsp3) is 0.611. The lowest BCUT2D eigenvalue weighted by Gasteiger charge is -2.34. The minimum Gasteiger partial charge on any atom is -0.301 e. The Hall–Kier alpha value is -1.19. The summed E-state index contributed by atoms with van der Waals surface area (Å²) in [5.41, 5.74) is 5.86. The molecule has 0 atom stereocenters. The van der Waals surface area contributed by atoms with Crippen molar-refractivity contribution in [3.63, 3.8) is 0 Å². The van der Waals surface area contributed by atoms with Gasteiger partial charge in [-0.25, -0.2) is 0 Å². The number of ketones is 1. The van der Waals surface area contributed by atoms with Gasteiger partial charge in [0.1, 0.15) is 0 Å². The molecule has 1 aromatic carbocycles. The number of benzene rings is 1. The standard InChI is InChI=1S/C18H28N2O/c1-6-19-7-9-20(10-8-19)12-17-13(2)11-14(3)18(15(17)4)16(5)21/h11H,6-10,12H2,1-5H3. The predicted molar refractivity (Wildman–Crippen MR) is 88.0 cm³/mol. The quantitative estimate of drug-likeness (QED) is 0.796. The third-order valence-corrected chi connectivity index (χ3v) is 4.78. The van der Waals surface area contributed by atoms with Crippen LogP contribution in [-0.2, 0) is 6.54 Å². The van der Waals surface area contributed by atoms with E-state index in [2.05, 4.69) is 36.6 Å². The summed E-state index contributed by atoms with van der Waals surface area (Å²) in [7, 11) is 0. The third kappa shape index (κ3) is 3.53. The summed E-state index contributed by atoms with van der Waals surface area (Å²) in [6.07, 6.45) is 0. The van der Waals surface area contributed by atoms with Crippen molar-refractivity contribution >= 4 is 5.78 Å². The number of rotatable bonds is 4. The number of aryl methyl sites for hydroxylation is 2. The highest BCUT2D eigenvalue weighted by Gasteiger charge is 2.19. The van der Waals surface area contributed by atoms with Crippen LogP contribution in [0.4, 0.5) is 0 Å². The molecule has 1 aromatic rings. The molecular weight excluding hydrogens is 260 g/mol. The number of piperazine rings is 1. The molecule has 0 aliphatic carbocycles. The molecule has 116 valence electrons. The van der Waals surface area contributed by atoms with Crippen LogP contribution in [0.15, 0.2) is 6.07 Å². The first kappa shape index (κ1) is 16.2. The Morgan fingerprint density at radius 1 is 1.05 bits per heavy atom. The van der Waals surface area contributed by atoms with Gasteiger partial charge in [0, 0.05) is 38.3 Å². The van der Waals surface area contributed by atoms with Gasteiger partial charge < -0.3 is 4.90 Å². The molecule has 1 aliphatic rings. The lowest BCUT2D eigenvalue weighted by atomic mass is 9.91. The van der Waals surface area contributed by atoms with E-state index in [0.717, 1.165) is 50.4 Å². The Balaban J connectivity index is 2.21. The second kappa shape index (κ2) is 6.71. The molecule has 1 aliphatic heterocycles. The van der Waals surface area contributed by atoms with Crippen LogP contribution in [-0.4, -0.2) is 48.3 Å². The van der Waals surface area contributed by atoms with Crippen molar-refractivity contribution in [3.8, 4) is 0 Å². The molecule has 0 bridgehead atoms. The summed E-state index contributed by atoms with van der Waals surface area (Å²) < 4.78 is 0. The molecular formula is C18H28N2O. The molecule has 0 radical (unpaired) electrons. The van der Waals surface area contributed by atoms with E-state index < -0.39 is 0 Å². The minimum atomic E-state index is 0.182.